The summed E-state index contributed by atoms with van der Waals surface area (Å²) < 4.78 is 4.70. The highest BCUT2D eigenvalue weighted by atomic mass is 16.6. The fourth-order valence-corrected chi connectivity index (χ4v) is 2.01. The minimum atomic E-state index is -2.22. The summed E-state index contributed by atoms with van der Waals surface area (Å²) in [6.07, 6.45) is -1.44. The van der Waals surface area contributed by atoms with E-state index in [1.165, 1.54) is 24.3 Å². The first kappa shape index (κ1) is 15.4. The van der Waals surface area contributed by atoms with Crippen molar-refractivity contribution >= 4 is 17.0 Å². The molecule has 0 aliphatic rings. The van der Waals surface area contributed by atoms with Crippen molar-refractivity contribution < 1.29 is 29.0 Å². The smallest absolute Gasteiger partial charge is 0.384 e. The van der Waals surface area contributed by atoms with E-state index < -0.39 is 28.7 Å². The van der Waals surface area contributed by atoms with Gasteiger partial charge in [-0.15, -0.1) is 0 Å². The molecule has 2 unspecified atom stereocenters. The normalized spacial score (nSPS) is 13.5. The molecule has 0 radical (unpaired) electrons. The molecule has 1 aromatic heterocycles. The van der Waals surface area contributed by atoms with Gasteiger partial charge in [-0.1, -0.05) is 12.1 Å². The van der Waals surface area contributed by atoms with Crippen molar-refractivity contribution in [3.63, 3.8) is 0 Å². The molecule has 0 fully saturated rings. The van der Waals surface area contributed by atoms with Gasteiger partial charge in [0.05, 0.1) is 7.11 Å². The van der Waals surface area contributed by atoms with E-state index in [9.17, 15) is 30.4 Å². The molecule has 0 spiro atoms. The maximum atomic E-state index is 12.2. The van der Waals surface area contributed by atoms with E-state index in [4.69, 9.17) is 0 Å². The quantitative estimate of drug-likeness (QED) is 0.250. The zero-order valence-corrected chi connectivity index (χ0v) is 11.3. The van der Waals surface area contributed by atoms with Gasteiger partial charge in [0.25, 0.3) is 22.9 Å². The number of carbonyl (C=O) groups is 1. The first-order chi connectivity index (χ1) is 10.4. The van der Waals surface area contributed by atoms with Gasteiger partial charge in [-0.3, -0.25) is 10.1 Å². The summed E-state index contributed by atoms with van der Waals surface area (Å²) >= 11 is 0. The monoisotopic (exact) mass is 309 g/mol. The number of aliphatic hydroxyl groups excluding tert-OH is 1. The molecular weight excluding hydrogens is 298 g/mol. The molecule has 2 aromatic rings. The number of rotatable bonds is 4. The first-order valence-corrected chi connectivity index (χ1v) is 6.02. The highest BCUT2D eigenvalue weighted by molar-refractivity contribution is 5.75. The van der Waals surface area contributed by atoms with Gasteiger partial charge in [-0.25, -0.2) is 4.79 Å². The third-order valence-electron chi connectivity index (χ3n) is 3.09. The molecule has 1 heterocycles. The Morgan fingerprint density at radius 2 is 1.91 bits per heavy atom. The Kier molecular flexibility index (Phi) is 4.04. The molecule has 2 rings (SSSR count). The predicted octanol–water partition coefficient (Wildman–Crippen LogP) is -1.04. The van der Waals surface area contributed by atoms with Crippen molar-refractivity contribution in [1.82, 2.24) is 0 Å². The van der Waals surface area contributed by atoms with Gasteiger partial charge >= 0.3 is 12.0 Å². The van der Waals surface area contributed by atoms with E-state index in [0.717, 1.165) is 7.11 Å². The zero-order chi connectivity index (χ0) is 16.4. The fraction of sp³-hybridized carbons (Fsp3) is 0.250. The van der Waals surface area contributed by atoms with Crippen LogP contribution in [0.2, 0.25) is 0 Å². The average molecular weight is 309 g/mol. The molecule has 0 amide bonds. The van der Waals surface area contributed by atoms with Crippen LogP contribution in [0.4, 0.5) is 0 Å². The van der Waals surface area contributed by atoms with E-state index in [2.05, 4.69) is 4.74 Å². The molecule has 116 valence electrons. The van der Waals surface area contributed by atoms with Gasteiger partial charge in [0.1, 0.15) is 0 Å². The number of fused-ring (bicyclic) bond motifs is 1. The van der Waals surface area contributed by atoms with Crippen LogP contribution in [0.15, 0.2) is 30.5 Å². The topological polar surface area (TPSA) is 144 Å². The number of carbonyl (C=O) groups excluding carboxylic acids is 1. The number of methoxy groups -OCH3 is 1. The Hall–Kier alpha value is -3.01. The standard InChI is InChI=1S/C12H11N3O7/c1-22-12(17)10(15(20)21)11(16)9-6-13(18)7-4-2-3-5-8(7)14(9)19/h2-6,10-11,16H,1H3. The van der Waals surface area contributed by atoms with Crippen molar-refractivity contribution in [1.29, 1.82) is 0 Å². The van der Waals surface area contributed by atoms with E-state index in [-0.39, 0.29) is 20.5 Å². The largest absolute Gasteiger partial charge is 0.618 e. The van der Waals surface area contributed by atoms with Crippen molar-refractivity contribution in [2.45, 2.75) is 12.1 Å². The molecule has 10 nitrogen and oxygen atoms in total. The molecule has 0 bridgehead atoms. The molecule has 0 aliphatic carbocycles. The lowest BCUT2D eigenvalue weighted by Gasteiger charge is -2.14. The predicted molar refractivity (Wildman–Crippen MR) is 69.6 cm³/mol. The highest BCUT2D eigenvalue weighted by Crippen LogP contribution is 2.17. The summed E-state index contributed by atoms with van der Waals surface area (Å²) in [6.45, 7) is 0. The third-order valence-corrected chi connectivity index (χ3v) is 3.09. The number of aliphatic hydroxyl groups is 1. The average Bonchev–Trinajstić information content (AvgIpc) is 2.50. The second kappa shape index (κ2) is 5.77. The second-order valence-electron chi connectivity index (χ2n) is 4.36. The molecule has 1 aromatic carbocycles. The number of aromatic nitrogens is 2. The van der Waals surface area contributed by atoms with Crippen molar-refractivity contribution in [2.75, 3.05) is 7.11 Å². The molecule has 0 saturated carbocycles. The summed E-state index contributed by atoms with van der Waals surface area (Å²) in [7, 11) is 0.908. The maximum Gasteiger partial charge on any atom is 0.384 e. The van der Waals surface area contributed by atoms with Crippen LogP contribution >= 0.6 is 0 Å². The van der Waals surface area contributed by atoms with Crippen molar-refractivity contribution in [2.24, 2.45) is 0 Å². The Labute approximate surface area is 123 Å². The fourth-order valence-electron chi connectivity index (χ4n) is 2.01. The van der Waals surface area contributed by atoms with Crippen molar-refractivity contribution in [3.8, 4) is 0 Å². The Morgan fingerprint density at radius 3 is 2.45 bits per heavy atom. The van der Waals surface area contributed by atoms with E-state index >= 15 is 0 Å². The summed E-state index contributed by atoms with van der Waals surface area (Å²) in [4.78, 5) is 21.2. The maximum absolute atomic E-state index is 12.2. The number of nitro groups is 1. The van der Waals surface area contributed by atoms with Crippen LogP contribution < -0.4 is 9.46 Å². The van der Waals surface area contributed by atoms with Crippen LogP contribution in [0.3, 0.4) is 0 Å². The van der Waals surface area contributed by atoms with Gasteiger partial charge in [0.15, 0.2) is 0 Å². The molecule has 10 heteroatoms. The summed E-state index contributed by atoms with van der Waals surface area (Å²) in [5.41, 5.74) is -0.703. The van der Waals surface area contributed by atoms with Gasteiger partial charge < -0.3 is 20.3 Å². The van der Waals surface area contributed by atoms with Gasteiger partial charge in [-0.05, 0) is 0 Å². The molecule has 1 N–H and O–H groups in total. The Balaban J connectivity index is 2.61. The minimum Gasteiger partial charge on any atom is -0.618 e. The van der Waals surface area contributed by atoms with Gasteiger partial charge in [0, 0.05) is 17.1 Å². The van der Waals surface area contributed by atoms with Crippen LogP contribution in [-0.2, 0) is 9.53 Å². The third kappa shape index (κ3) is 2.46. The minimum absolute atomic E-state index is 0.0178. The lowest BCUT2D eigenvalue weighted by atomic mass is 10.1. The first-order valence-electron chi connectivity index (χ1n) is 6.02. The highest BCUT2D eigenvalue weighted by Gasteiger charge is 2.45. The number of ether oxygens (including phenoxy) is 1. The summed E-state index contributed by atoms with van der Waals surface area (Å²) in [5, 5.41) is 45.0. The van der Waals surface area contributed by atoms with Crippen molar-refractivity contribution in [3.05, 3.63) is 56.7 Å². The number of nitrogens with zero attached hydrogens (tertiary/aromatic N) is 3. The Bertz CT molecular complexity index is 749. The number of esters is 1. The molecular formula is C12H11N3O7. The second-order valence-corrected chi connectivity index (χ2v) is 4.36. The van der Waals surface area contributed by atoms with E-state index in [1.54, 1.807) is 0 Å². The number of hydrogen-bond acceptors (Lipinski definition) is 7. The number of hydrogen-bond donors (Lipinski definition) is 1. The Morgan fingerprint density at radius 1 is 1.32 bits per heavy atom. The SMILES string of the molecule is COC(=O)C(C(O)c1c[n+]([O-])c2ccccc2[n+]1[O-])[N+](=O)[O-]. The van der Waals surface area contributed by atoms with Crippen LogP contribution in [-0.4, -0.2) is 29.2 Å². The summed E-state index contributed by atoms with van der Waals surface area (Å²) in [6, 6.07) is 3.48. The summed E-state index contributed by atoms with van der Waals surface area (Å²) in [5.74, 6) is -1.33. The van der Waals surface area contributed by atoms with Gasteiger partial charge in [0.2, 0.25) is 6.10 Å². The van der Waals surface area contributed by atoms with Crippen LogP contribution in [0.25, 0.3) is 11.0 Å². The van der Waals surface area contributed by atoms with Gasteiger partial charge in [-0.2, -0.15) is 9.46 Å². The van der Waals surface area contributed by atoms with E-state index in [0.29, 0.717) is 6.20 Å². The molecule has 2 atom stereocenters. The van der Waals surface area contributed by atoms with Crippen LogP contribution in [0.5, 0.6) is 0 Å². The van der Waals surface area contributed by atoms with E-state index in [1.807, 2.05) is 0 Å². The zero-order valence-electron chi connectivity index (χ0n) is 11.3. The molecule has 0 saturated heterocycles. The van der Waals surface area contributed by atoms with Crippen LogP contribution in [0, 0.1) is 20.5 Å². The molecule has 0 aliphatic heterocycles. The number of para-hydroxylation sites is 2. The van der Waals surface area contributed by atoms with Crippen LogP contribution in [0.1, 0.15) is 11.8 Å². The lowest BCUT2D eigenvalue weighted by molar-refractivity contribution is -0.642. The number of benzene rings is 1. The lowest BCUT2D eigenvalue weighted by Crippen LogP contribution is -2.47. The molecule has 22 heavy (non-hydrogen) atoms.